The van der Waals surface area contributed by atoms with Crippen LogP contribution in [0.5, 0.6) is 0 Å². The van der Waals surface area contributed by atoms with E-state index >= 15 is 0 Å². The van der Waals surface area contributed by atoms with E-state index in [2.05, 4.69) is 0 Å². The third-order valence-electron chi connectivity index (χ3n) is 0. The molecule has 0 amide bonds. The zero-order chi connectivity index (χ0) is 0. The second-order valence-corrected chi connectivity index (χ2v) is 0. The average Bonchev–Trinajstić information content (AvgIpc) is 0. The summed E-state index contributed by atoms with van der Waals surface area (Å²) in [7, 11) is 0. The van der Waals surface area contributed by atoms with Crippen molar-refractivity contribution in [2.75, 3.05) is 0 Å². The van der Waals surface area contributed by atoms with Crippen molar-refractivity contribution >= 4 is 0 Å². The van der Waals surface area contributed by atoms with Gasteiger partial charge >= 0.3 is 23.3 Å². The van der Waals surface area contributed by atoms with Crippen LogP contribution in [0.2, 0.25) is 0 Å². The summed E-state index contributed by atoms with van der Waals surface area (Å²) in [6, 6.07) is 0. The van der Waals surface area contributed by atoms with Crippen molar-refractivity contribution in [3.05, 3.63) is 0 Å². The molecule has 0 heterocycles. The largest absolute Gasteiger partial charge is 2.00 e. The Kier molecular flexibility index (Phi) is 568. The van der Waals surface area contributed by atoms with Crippen LogP contribution in [0.15, 0.2) is 0 Å². The van der Waals surface area contributed by atoms with Gasteiger partial charge in [0.25, 0.3) is 0 Å². The summed E-state index contributed by atoms with van der Waals surface area (Å²) < 4.78 is 0. The number of rotatable bonds is 0. The monoisotopic (exact) mass is 248 g/mol. The van der Waals surface area contributed by atoms with Gasteiger partial charge in [-0.1, -0.05) is 0 Å². The van der Waals surface area contributed by atoms with E-state index in [1.54, 1.807) is 0 Å². The fraction of sp³-hybridized carbons (Fsp3) is 0. The van der Waals surface area contributed by atoms with Crippen molar-refractivity contribution in [1.29, 1.82) is 0 Å². The van der Waals surface area contributed by atoms with Gasteiger partial charge in [0, 0.05) is 0 Å². The fourth-order valence-electron chi connectivity index (χ4n) is 0. The Morgan fingerprint density at radius 1 is 0.600 bits per heavy atom. The van der Waals surface area contributed by atoms with Gasteiger partial charge < -0.3 is 49.6 Å². The summed E-state index contributed by atoms with van der Waals surface area (Å²) >= 11 is 0. The summed E-state index contributed by atoms with van der Waals surface area (Å²) in [5.41, 5.74) is 0. The molecule has 0 atom stereocenters. The second kappa shape index (κ2) is 40.8. The van der Waals surface area contributed by atoms with Gasteiger partial charge in [-0.25, -0.2) is 0 Å². The molecule has 0 N–H and O–H groups in total. The molecule has 0 radical (unpaired) electrons. The van der Waals surface area contributed by atoms with Crippen molar-refractivity contribution < 1.29 is 72.9 Å². The van der Waals surface area contributed by atoms with Crippen LogP contribution in [-0.2, 0) is 20.4 Å². The molecular weight excluding hydrogens is 248 g/mol. The van der Waals surface area contributed by atoms with Crippen LogP contribution in [0.25, 0.3) is 0 Å². The molecule has 0 aliphatic heterocycles. The minimum atomic E-state index is 0. The zero-order valence-corrected chi connectivity index (χ0v) is 6.41. The first-order valence-electron chi connectivity index (χ1n) is 0. The predicted octanol–water partition coefficient (Wildman–Crippen LogP) is -11.8. The zero-order valence-electron chi connectivity index (χ0n) is 3.83. The van der Waals surface area contributed by atoms with E-state index in [-0.39, 0.29) is 72.9 Å². The maximum Gasteiger partial charge on any atom is 2.00 e. The van der Waals surface area contributed by atoms with Crippen LogP contribution in [0.3, 0.4) is 0 Å². The standard InChI is InChI=1S/4ClH.Pd/h4*1H;/q;;;;+2/p-2. The van der Waals surface area contributed by atoms with Gasteiger partial charge in [-0.2, -0.15) is 0 Å². The first kappa shape index (κ1) is 69.6. The van der Waals surface area contributed by atoms with Crippen molar-refractivity contribution in [2.45, 2.75) is 0 Å². The molecule has 0 nitrogen and oxygen atoms in total. The van der Waals surface area contributed by atoms with E-state index in [1.165, 1.54) is 0 Å². The first-order chi connectivity index (χ1) is 0. The molecule has 0 unspecified atom stereocenters. The Morgan fingerprint density at radius 2 is 0.600 bits per heavy atom. The first-order valence-corrected chi connectivity index (χ1v) is 0. The smallest absolute Gasteiger partial charge is 1.00 e. The Morgan fingerprint density at radius 3 is 0.600 bits per heavy atom. The molecule has 0 aromatic rings. The van der Waals surface area contributed by atoms with E-state index in [0.717, 1.165) is 0 Å². The molecule has 0 aromatic carbocycles. The molecule has 40 valence electrons. The number of halogens is 4. The Balaban J connectivity index is 0. The molecular formula is H2Cl4Pd. The molecule has 0 bridgehead atoms. The molecule has 0 aliphatic carbocycles. The van der Waals surface area contributed by atoms with Crippen molar-refractivity contribution in [3.63, 3.8) is 0 Å². The van der Waals surface area contributed by atoms with E-state index in [4.69, 9.17) is 0 Å². The second-order valence-electron chi connectivity index (χ2n) is 0. The SMILES string of the molecule is [Cl-].[Cl-].[Cl-].[Cl-].[H+].[H+].[Pd+2]. The quantitative estimate of drug-likeness (QED) is 0.375. The fourth-order valence-corrected chi connectivity index (χ4v) is 0. The molecule has 0 spiro atoms. The molecule has 0 saturated heterocycles. The van der Waals surface area contributed by atoms with E-state index in [9.17, 15) is 0 Å². The molecule has 0 saturated carbocycles. The third-order valence-corrected chi connectivity index (χ3v) is 0. The van der Waals surface area contributed by atoms with Crippen molar-refractivity contribution in [3.8, 4) is 0 Å². The third kappa shape index (κ3) is 25.6. The summed E-state index contributed by atoms with van der Waals surface area (Å²) in [4.78, 5) is 0. The van der Waals surface area contributed by atoms with E-state index in [1.807, 2.05) is 0 Å². The Labute approximate surface area is 72.7 Å². The molecule has 0 fully saturated rings. The topological polar surface area (TPSA) is 0 Å². The summed E-state index contributed by atoms with van der Waals surface area (Å²) in [5.74, 6) is 0. The summed E-state index contributed by atoms with van der Waals surface area (Å²) in [6.45, 7) is 0. The maximum absolute atomic E-state index is 0. The molecule has 0 aliphatic rings. The maximum atomic E-state index is 0. The van der Waals surface area contributed by atoms with Crippen LogP contribution < -0.4 is 49.6 Å². The molecule has 0 rings (SSSR count). The van der Waals surface area contributed by atoms with Gasteiger partial charge in [-0.3, -0.25) is 0 Å². The van der Waals surface area contributed by atoms with Crippen molar-refractivity contribution in [1.82, 2.24) is 0 Å². The normalized spacial score (nSPS) is 0. The minimum absolute atomic E-state index is 0. The van der Waals surface area contributed by atoms with E-state index in [0.29, 0.717) is 0 Å². The number of hydrogen-bond donors (Lipinski definition) is 0. The van der Waals surface area contributed by atoms with Crippen LogP contribution >= 0.6 is 0 Å². The van der Waals surface area contributed by atoms with Crippen LogP contribution in [-0.4, -0.2) is 0 Å². The van der Waals surface area contributed by atoms with Gasteiger partial charge in [0.15, 0.2) is 0 Å². The molecule has 5 heavy (non-hydrogen) atoms. The Hall–Kier alpha value is 1.82. The van der Waals surface area contributed by atoms with Crippen LogP contribution in [0.4, 0.5) is 0 Å². The van der Waals surface area contributed by atoms with Gasteiger partial charge in [-0.05, 0) is 0 Å². The van der Waals surface area contributed by atoms with Gasteiger partial charge in [-0.15, -0.1) is 0 Å². The van der Waals surface area contributed by atoms with Gasteiger partial charge in [0.1, 0.15) is 0 Å². The predicted molar refractivity (Wildman–Crippen MR) is 2.22 cm³/mol. The molecule has 5 heteroatoms. The van der Waals surface area contributed by atoms with Crippen LogP contribution in [0.1, 0.15) is 2.85 Å². The van der Waals surface area contributed by atoms with Crippen molar-refractivity contribution in [2.24, 2.45) is 0 Å². The molecule has 0 aromatic heterocycles. The number of hydrogen-bond acceptors (Lipinski definition) is 0. The summed E-state index contributed by atoms with van der Waals surface area (Å²) in [5, 5.41) is 0. The average molecular weight is 250 g/mol. The van der Waals surface area contributed by atoms with Gasteiger partial charge in [0.05, 0.1) is 0 Å². The minimum Gasteiger partial charge on any atom is -1.00 e. The Bertz CT molecular complexity index is 9.65. The van der Waals surface area contributed by atoms with E-state index < -0.39 is 0 Å². The summed E-state index contributed by atoms with van der Waals surface area (Å²) in [6.07, 6.45) is 0. The van der Waals surface area contributed by atoms with Gasteiger partial charge in [0.2, 0.25) is 0 Å². The van der Waals surface area contributed by atoms with Crippen LogP contribution in [0, 0.1) is 0 Å².